The van der Waals surface area contributed by atoms with Gasteiger partial charge in [-0.2, -0.15) is 0 Å². The number of thiophene rings is 2. The van der Waals surface area contributed by atoms with E-state index in [2.05, 4.69) is 16.8 Å². The third-order valence-corrected chi connectivity index (χ3v) is 7.92. The van der Waals surface area contributed by atoms with Gasteiger partial charge in [0.05, 0.1) is 5.39 Å². The van der Waals surface area contributed by atoms with Gasteiger partial charge >= 0.3 is 0 Å². The number of fused-ring (bicyclic) bond motifs is 1. The summed E-state index contributed by atoms with van der Waals surface area (Å²) in [7, 11) is 0. The van der Waals surface area contributed by atoms with Crippen molar-refractivity contribution in [3.63, 3.8) is 0 Å². The molecule has 0 amide bonds. The van der Waals surface area contributed by atoms with E-state index in [1.807, 2.05) is 17.6 Å². The van der Waals surface area contributed by atoms with E-state index in [-0.39, 0.29) is 5.56 Å². The molecule has 0 aliphatic heterocycles. The van der Waals surface area contributed by atoms with E-state index in [1.54, 1.807) is 34.4 Å². The summed E-state index contributed by atoms with van der Waals surface area (Å²) in [6.07, 6.45) is 6.74. The normalized spacial score (nSPS) is 15.9. The van der Waals surface area contributed by atoms with Crippen LogP contribution in [0.4, 0.5) is 0 Å². The lowest BCUT2D eigenvalue weighted by Gasteiger charge is -2.21. The average Bonchev–Trinajstić information content (AvgIpc) is 3.30. The van der Waals surface area contributed by atoms with Gasteiger partial charge in [0.1, 0.15) is 4.83 Å². The SMILES string of the molecule is CCn1c(SCC2CCCCC2)nc2scc(-c3cccs3)c2c1=O. The van der Waals surface area contributed by atoms with E-state index >= 15 is 0 Å². The maximum Gasteiger partial charge on any atom is 0.263 e. The second-order valence-corrected chi connectivity index (χ2v) is 9.36. The predicted octanol–water partition coefficient (Wildman–Crippen LogP) is 5.88. The van der Waals surface area contributed by atoms with Crippen molar-refractivity contribution in [1.82, 2.24) is 9.55 Å². The van der Waals surface area contributed by atoms with E-state index in [1.165, 1.54) is 32.1 Å². The molecule has 132 valence electrons. The van der Waals surface area contributed by atoms with Crippen LogP contribution in [0.5, 0.6) is 0 Å². The van der Waals surface area contributed by atoms with Crippen LogP contribution in [0, 0.1) is 5.92 Å². The predicted molar refractivity (Wildman–Crippen MR) is 110 cm³/mol. The molecule has 6 heteroatoms. The quantitative estimate of drug-likeness (QED) is 0.403. The highest BCUT2D eigenvalue weighted by Crippen LogP contribution is 2.35. The van der Waals surface area contributed by atoms with Crippen molar-refractivity contribution in [2.24, 2.45) is 5.92 Å². The second kappa shape index (κ2) is 7.64. The molecule has 0 bridgehead atoms. The number of rotatable bonds is 5. The molecule has 4 rings (SSSR count). The van der Waals surface area contributed by atoms with E-state index in [0.29, 0.717) is 6.54 Å². The summed E-state index contributed by atoms with van der Waals surface area (Å²) < 4.78 is 1.86. The number of hydrogen-bond acceptors (Lipinski definition) is 5. The van der Waals surface area contributed by atoms with Crippen LogP contribution in [0.1, 0.15) is 39.0 Å². The van der Waals surface area contributed by atoms with Crippen molar-refractivity contribution >= 4 is 44.7 Å². The van der Waals surface area contributed by atoms with Gasteiger partial charge in [-0.05, 0) is 37.1 Å². The first-order valence-electron chi connectivity index (χ1n) is 8.96. The zero-order chi connectivity index (χ0) is 17.2. The zero-order valence-corrected chi connectivity index (χ0v) is 16.8. The Labute approximate surface area is 160 Å². The topological polar surface area (TPSA) is 34.9 Å². The number of hydrogen-bond donors (Lipinski definition) is 0. The number of aromatic nitrogens is 2. The van der Waals surface area contributed by atoms with E-state index in [4.69, 9.17) is 4.98 Å². The van der Waals surface area contributed by atoms with E-state index in [9.17, 15) is 4.79 Å². The smallest absolute Gasteiger partial charge is 0.263 e. The van der Waals surface area contributed by atoms with Crippen molar-refractivity contribution in [1.29, 1.82) is 0 Å². The van der Waals surface area contributed by atoms with Gasteiger partial charge in [-0.25, -0.2) is 4.98 Å². The Morgan fingerprint density at radius 2 is 2.12 bits per heavy atom. The van der Waals surface area contributed by atoms with Gasteiger partial charge in [-0.1, -0.05) is 37.1 Å². The lowest BCUT2D eigenvalue weighted by Crippen LogP contribution is -2.22. The van der Waals surface area contributed by atoms with Gasteiger partial charge in [0.2, 0.25) is 0 Å². The average molecular weight is 391 g/mol. The van der Waals surface area contributed by atoms with Crippen molar-refractivity contribution in [2.75, 3.05) is 5.75 Å². The molecule has 1 saturated carbocycles. The van der Waals surface area contributed by atoms with E-state index in [0.717, 1.165) is 37.5 Å². The molecule has 25 heavy (non-hydrogen) atoms. The molecule has 3 heterocycles. The molecule has 0 atom stereocenters. The largest absolute Gasteiger partial charge is 0.287 e. The van der Waals surface area contributed by atoms with Gasteiger partial charge in [0.25, 0.3) is 5.56 Å². The highest BCUT2D eigenvalue weighted by atomic mass is 32.2. The zero-order valence-electron chi connectivity index (χ0n) is 14.4. The summed E-state index contributed by atoms with van der Waals surface area (Å²) in [5.74, 6) is 1.86. The van der Waals surface area contributed by atoms with Gasteiger partial charge in [-0.3, -0.25) is 9.36 Å². The molecule has 0 unspecified atom stereocenters. The molecular formula is C19H22N2OS3. The molecule has 0 radical (unpaired) electrons. The van der Waals surface area contributed by atoms with E-state index < -0.39 is 0 Å². The minimum absolute atomic E-state index is 0.114. The highest BCUT2D eigenvalue weighted by molar-refractivity contribution is 7.99. The summed E-state index contributed by atoms with van der Waals surface area (Å²) in [6, 6.07) is 4.11. The van der Waals surface area contributed by atoms with Crippen molar-refractivity contribution in [3.05, 3.63) is 33.2 Å². The molecule has 1 aliphatic rings. The Morgan fingerprint density at radius 3 is 2.84 bits per heavy atom. The third kappa shape index (κ3) is 3.44. The van der Waals surface area contributed by atoms with Gasteiger partial charge in [0, 0.05) is 28.1 Å². The van der Waals surface area contributed by atoms with Crippen LogP contribution in [0.25, 0.3) is 20.7 Å². The summed E-state index contributed by atoms with van der Waals surface area (Å²) in [6.45, 7) is 2.71. The number of nitrogens with zero attached hydrogens (tertiary/aromatic N) is 2. The molecular weight excluding hydrogens is 368 g/mol. The summed E-state index contributed by atoms with van der Waals surface area (Å²) >= 11 is 5.04. The standard InChI is InChI=1S/C19H22N2OS3/c1-2-21-18(22)16-14(15-9-6-10-23-15)12-24-17(16)20-19(21)25-11-13-7-4-3-5-8-13/h6,9-10,12-13H,2-5,7-8,11H2,1H3. The lowest BCUT2D eigenvalue weighted by molar-refractivity contribution is 0.390. The first-order valence-corrected chi connectivity index (χ1v) is 11.7. The van der Waals surface area contributed by atoms with Crippen LogP contribution < -0.4 is 5.56 Å². The Balaban J connectivity index is 1.69. The monoisotopic (exact) mass is 390 g/mol. The van der Waals surface area contributed by atoms with Gasteiger partial charge in [0.15, 0.2) is 5.16 Å². The van der Waals surface area contributed by atoms with Crippen LogP contribution in [0.3, 0.4) is 0 Å². The minimum Gasteiger partial charge on any atom is -0.287 e. The van der Waals surface area contributed by atoms with Crippen LogP contribution in [0.15, 0.2) is 32.8 Å². The summed E-state index contributed by atoms with van der Waals surface area (Å²) in [5.41, 5.74) is 1.15. The summed E-state index contributed by atoms with van der Waals surface area (Å²) in [5, 5.41) is 5.82. The Kier molecular flexibility index (Phi) is 5.29. The fourth-order valence-corrected chi connectivity index (χ4v) is 6.61. The van der Waals surface area contributed by atoms with Crippen LogP contribution in [-0.2, 0) is 6.54 Å². The van der Waals surface area contributed by atoms with Gasteiger partial charge < -0.3 is 0 Å². The molecule has 1 aliphatic carbocycles. The highest BCUT2D eigenvalue weighted by Gasteiger charge is 2.19. The Morgan fingerprint density at radius 1 is 1.28 bits per heavy atom. The third-order valence-electron chi connectivity index (χ3n) is 4.93. The first-order chi connectivity index (χ1) is 12.3. The molecule has 0 aromatic carbocycles. The number of thioether (sulfide) groups is 1. The Hall–Kier alpha value is -1.11. The molecule has 3 aromatic heterocycles. The van der Waals surface area contributed by atoms with Crippen LogP contribution >= 0.6 is 34.4 Å². The van der Waals surface area contributed by atoms with Gasteiger partial charge in [-0.15, -0.1) is 22.7 Å². The van der Waals surface area contributed by atoms with Crippen LogP contribution in [-0.4, -0.2) is 15.3 Å². The maximum atomic E-state index is 13.1. The first kappa shape index (κ1) is 17.3. The molecule has 0 saturated heterocycles. The van der Waals surface area contributed by atoms with Crippen molar-refractivity contribution in [2.45, 2.75) is 50.7 Å². The second-order valence-electron chi connectivity index (χ2n) is 6.57. The fourth-order valence-electron chi connectivity index (χ4n) is 3.55. The van der Waals surface area contributed by atoms with Crippen molar-refractivity contribution in [3.8, 4) is 10.4 Å². The fraction of sp³-hybridized carbons (Fsp3) is 0.474. The van der Waals surface area contributed by atoms with Crippen LogP contribution in [0.2, 0.25) is 0 Å². The summed E-state index contributed by atoms with van der Waals surface area (Å²) in [4.78, 5) is 20.0. The minimum atomic E-state index is 0.114. The lowest BCUT2D eigenvalue weighted by atomic mass is 9.91. The Bertz CT molecular complexity index is 905. The maximum absolute atomic E-state index is 13.1. The molecule has 0 spiro atoms. The molecule has 1 fully saturated rings. The van der Waals surface area contributed by atoms with Crippen molar-refractivity contribution < 1.29 is 0 Å². The molecule has 3 nitrogen and oxygen atoms in total. The molecule has 3 aromatic rings. The molecule has 0 N–H and O–H groups in total.